The maximum atomic E-state index is 6.57. The molecule has 0 aromatic heterocycles. The van der Waals surface area contributed by atoms with E-state index in [0.717, 1.165) is 41.4 Å². The average Bonchev–Trinajstić information content (AvgIpc) is 2.32. The molecule has 0 radical (unpaired) electrons. The van der Waals surface area contributed by atoms with Gasteiger partial charge < -0.3 is 5.73 Å². The number of hydrogen-bond acceptors (Lipinski definition) is 1. The van der Waals surface area contributed by atoms with Gasteiger partial charge in [0.25, 0.3) is 0 Å². The standard InChI is InChI=1S/C19H39N/c1-8-14(7)18(13(5)6)19-15(9-2)11-16(19)17(20)10-12(3)4/h12-19H,8-11,20H2,1-7H3. The van der Waals surface area contributed by atoms with Crippen molar-refractivity contribution in [1.29, 1.82) is 0 Å². The van der Waals surface area contributed by atoms with Crippen LogP contribution in [0.25, 0.3) is 0 Å². The highest BCUT2D eigenvalue weighted by Crippen LogP contribution is 2.53. The van der Waals surface area contributed by atoms with Gasteiger partial charge in [0.2, 0.25) is 0 Å². The Hall–Kier alpha value is -0.0400. The van der Waals surface area contributed by atoms with E-state index in [0.29, 0.717) is 6.04 Å². The van der Waals surface area contributed by atoms with Crippen molar-refractivity contribution in [3.05, 3.63) is 0 Å². The lowest BCUT2D eigenvalue weighted by molar-refractivity contribution is -0.0421. The molecule has 1 rings (SSSR count). The van der Waals surface area contributed by atoms with Crippen LogP contribution in [0.2, 0.25) is 0 Å². The lowest BCUT2D eigenvalue weighted by Crippen LogP contribution is -2.52. The predicted octanol–water partition coefficient (Wildman–Crippen LogP) is 5.34. The van der Waals surface area contributed by atoms with E-state index < -0.39 is 0 Å². The Morgan fingerprint density at radius 1 is 1.05 bits per heavy atom. The van der Waals surface area contributed by atoms with Gasteiger partial charge in [-0.3, -0.25) is 0 Å². The fourth-order valence-electron chi connectivity index (χ4n) is 4.79. The molecule has 2 N–H and O–H groups in total. The second-order valence-electron chi connectivity index (χ2n) is 8.15. The molecular formula is C19H39N. The average molecular weight is 282 g/mol. The summed E-state index contributed by atoms with van der Waals surface area (Å²) in [6.45, 7) is 16.6. The number of nitrogens with two attached hydrogens (primary N) is 1. The third-order valence-electron chi connectivity index (χ3n) is 5.95. The van der Waals surface area contributed by atoms with Gasteiger partial charge in [0.1, 0.15) is 0 Å². The van der Waals surface area contributed by atoms with Crippen LogP contribution in [0.3, 0.4) is 0 Å². The molecule has 1 aliphatic rings. The molecule has 0 heterocycles. The highest BCUT2D eigenvalue weighted by molar-refractivity contribution is 4.98. The quantitative estimate of drug-likeness (QED) is 0.638. The van der Waals surface area contributed by atoms with Gasteiger partial charge in [0.15, 0.2) is 0 Å². The van der Waals surface area contributed by atoms with Crippen LogP contribution in [0.5, 0.6) is 0 Å². The maximum Gasteiger partial charge on any atom is 0.00725 e. The summed E-state index contributed by atoms with van der Waals surface area (Å²) in [4.78, 5) is 0. The van der Waals surface area contributed by atoms with E-state index in [1.807, 2.05) is 0 Å². The van der Waals surface area contributed by atoms with Gasteiger partial charge in [-0.25, -0.2) is 0 Å². The van der Waals surface area contributed by atoms with Crippen LogP contribution in [0.15, 0.2) is 0 Å². The van der Waals surface area contributed by atoms with Crippen LogP contribution in [0.1, 0.15) is 74.1 Å². The predicted molar refractivity (Wildman–Crippen MR) is 90.6 cm³/mol. The van der Waals surface area contributed by atoms with Crippen LogP contribution in [0.4, 0.5) is 0 Å². The van der Waals surface area contributed by atoms with Gasteiger partial charge >= 0.3 is 0 Å². The van der Waals surface area contributed by atoms with Crippen LogP contribution in [0, 0.1) is 41.4 Å². The molecule has 1 nitrogen and oxygen atoms in total. The van der Waals surface area contributed by atoms with Crippen molar-refractivity contribution in [3.63, 3.8) is 0 Å². The molecule has 6 atom stereocenters. The Balaban J connectivity index is 2.83. The van der Waals surface area contributed by atoms with Gasteiger partial charge in [-0.15, -0.1) is 0 Å². The Bertz CT molecular complexity index is 271. The third-order valence-corrected chi connectivity index (χ3v) is 5.95. The minimum atomic E-state index is 0.424. The summed E-state index contributed by atoms with van der Waals surface area (Å²) in [5, 5.41) is 0. The van der Waals surface area contributed by atoms with Crippen molar-refractivity contribution in [2.24, 2.45) is 47.2 Å². The molecule has 0 aliphatic heterocycles. The van der Waals surface area contributed by atoms with Crippen molar-refractivity contribution >= 4 is 0 Å². The zero-order valence-electron chi connectivity index (χ0n) is 15.0. The second-order valence-corrected chi connectivity index (χ2v) is 8.15. The summed E-state index contributed by atoms with van der Waals surface area (Å²) in [7, 11) is 0. The molecule has 0 aromatic carbocycles. The van der Waals surface area contributed by atoms with Crippen LogP contribution >= 0.6 is 0 Å². The van der Waals surface area contributed by atoms with Crippen molar-refractivity contribution in [1.82, 2.24) is 0 Å². The summed E-state index contributed by atoms with van der Waals surface area (Å²) in [5.74, 6) is 5.81. The van der Waals surface area contributed by atoms with Gasteiger partial charge in [-0.2, -0.15) is 0 Å². The molecule has 6 unspecified atom stereocenters. The molecule has 120 valence electrons. The summed E-state index contributed by atoms with van der Waals surface area (Å²) in [6.07, 6.45) is 5.23. The monoisotopic (exact) mass is 281 g/mol. The van der Waals surface area contributed by atoms with Gasteiger partial charge in [0.05, 0.1) is 0 Å². The molecule has 0 bridgehead atoms. The summed E-state index contributed by atoms with van der Waals surface area (Å²) >= 11 is 0. The van der Waals surface area contributed by atoms with E-state index >= 15 is 0 Å². The van der Waals surface area contributed by atoms with E-state index in [1.54, 1.807) is 0 Å². The Morgan fingerprint density at radius 2 is 1.65 bits per heavy atom. The van der Waals surface area contributed by atoms with E-state index in [9.17, 15) is 0 Å². The molecule has 0 amide bonds. The second kappa shape index (κ2) is 7.82. The first-order chi connectivity index (χ1) is 9.33. The fraction of sp³-hybridized carbons (Fsp3) is 1.00. The van der Waals surface area contributed by atoms with E-state index in [-0.39, 0.29) is 0 Å². The topological polar surface area (TPSA) is 26.0 Å². The first-order valence-electron chi connectivity index (χ1n) is 9.08. The summed E-state index contributed by atoms with van der Waals surface area (Å²) < 4.78 is 0. The molecule has 0 spiro atoms. The highest BCUT2D eigenvalue weighted by Gasteiger charge is 2.48. The SMILES string of the molecule is CCC(C)C(C(C)C)C1C(CC)CC1C(N)CC(C)C. The van der Waals surface area contributed by atoms with Crippen molar-refractivity contribution in [2.75, 3.05) is 0 Å². The van der Waals surface area contributed by atoms with E-state index in [2.05, 4.69) is 48.5 Å². The molecule has 1 saturated carbocycles. The van der Waals surface area contributed by atoms with Crippen molar-refractivity contribution < 1.29 is 0 Å². The minimum absolute atomic E-state index is 0.424. The zero-order chi connectivity index (χ0) is 15.4. The van der Waals surface area contributed by atoms with Crippen LogP contribution in [-0.2, 0) is 0 Å². The summed E-state index contributed by atoms with van der Waals surface area (Å²) in [6, 6.07) is 0.424. The highest BCUT2D eigenvalue weighted by atomic mass is 14.7. The summed E-state index contributed by atoms with van der Waals surface area (Å²) in [5.41, 5.74) is 6.57. The fourth-order valence-corrected chi connectivity index (χ4v) is 4.79. The molecular weight excluding hydrogens is 242 g/mol. The maximum absolute atomic E-state index is 6.57. The Kier molecular flexibility index (Phi) is 7.04. The first-order valence-corrected chi connectivity index (χ1v) is 9.08. The zero-order valence-corrected chi connectivity index (χ0v) is 15.0. The lowest BCUT2D eigenvalue weighted by Gasteiger charge is -2.54. The van der Waals surface area contributed by atoms with Crippen molar-refractivity contribution in [2.45, 2.75) is 80.2 Å². The minimum Gasteiger partial charge on any atom is -0.327 e. The molecule has 0 aromatic rings. The Labute approximate surface area is 128 Å². The molecule has 1 heteroatoms. The van der Waals surface area contributed by atoms with E-state index in [4.69, 9.17) is 5.73 Å². The van der Waals surface area contributed by atoms with Crippen LogP contribution < -0.4 is 5.73 Å². The normalized spacial score (nSPS) is 31.2. The largest absolute Gasteiger partial charge is 0.327 e. The van der Waals surface area contributed by atoms with E-state index in [1.165, 1.54) is 25.7 Å². The first kappa shape index (κ1) is 18.0. The smallest absolute Gasteiger partial charge is 0.00725 e. The molecule has 0 saturated heterocycles. The van der Waals surface area contributed by atoms with Crippen LogP contribution in [-0.4, -0.2) is 6.04 Å². The Morgan fingerprint density at radius 3 is 2.05 bits per heavy atom. The number of rotatable bonds is 8. The van der Waals surface area contributed by atoms with Crippen molar-refractivity contribution in [3.8, 4) is 0 Å². The van der Waals surface area contributed by atoms with Gasteiger partial charge in [0, 0.05) is 6.04 Å². The number of hydrogen-bond donors (Lipinski definition) is 1. The molecule has 1 fully saturated rings. The molecule has 1 aliphatic carbocycles. The van der Waals surface area contributed by atoms with Gasteiger partial charge in [-0.1, -0.05) is 61.3 Å². The molecule has 20 heavy (non-hydrogen) atoms. The van der Waals surface area contributed by atoms with Gasteiger partial charge in [-0.05, 0) is 54.3 Å². The third kappa shape index (κ3) is 4.00. The lowest BCUT2D eigenvalue weighted by atomic mass is 9.52.